The summed E-state index contributed by atoms with van der Waals surface area (Å²) in [5, 5.41) is 1.03. The van der Waals surface area contributed by atoms with Crippen molar-refractivity contribution in [1.29, 1.82) is 0 Å². The number of carbonyl (C=O) groups excluding carboxylic acids is 1. The standard InChI is InChI=1S/C32H36FNO4/c1-31(2,3)38-28(35)19-24-18-23(36-32(4,5)37-24)16-17-26-29(20-12-14-22(33)15-13-20)25-8-6-7-9-27(25)34-30(26)21-10-11-21/h6-9,12-17,21,23-24H,10-11,18-19H2,1-5H3/b17-16+/t23-,24+/m1/s1. The molecule has 38 heavy (non-hydrogen) atoms. The van der Waals surface area contributed by atoms with Gasteiger partial charge >= 0.3 is 5.97 Å². The van der Waals surface area contributed by atoms with Crippen LogP contribution >= 0.6 is 0 Å². The molecule has 0 radical (unpaired) electrons. The molecule has 5 nitrogen and oxygen atoms in total. The molecule has 200 valence electrons. The van der Waals surface area contributed by atoms with E-state index in [9.17, 15) is 9.18 Å². The van der Waals surface area contributed by atoms with Crippen molar-refractivity contribution >= 4 is 22.9 Å². The molecule has 2 aromatic carbocycles. The Labute approximate surface area is 224 Å². The third-order valence-electron chi connectivity index (χ3n) is 6.73. The van der Waals surface area contributed by atoms with Gasteiger partial charge in [-0.15, -0.1) is 0 Å². The van der Waals surface area contributed by atoms with Gasteiger partial charge in [0, 0.05) is 28.9 Å². The highest BCUT2D eigenvalue weighted by Gasteiger charge is 2.36. The highest BCUT2D eigenvalue weighted by atomic mass is 19.1. The van der Waals surface area contributed by atoms with E-state index < -0.39 is 11.4 Å². The number of hydrogen-bond donors (Lipinski definition) is 0. The first-order valence-corrected chi connectivity index (χ1v) is 13.4. The maximum Gasteiger partial charge on any atom is 0.308 e. The largest absolute Gasteiger partial charge is 0.460 e. The van der Waals surface area contributed by atoms with E-state index in [4.69, 9.17) is 19.2 Å². The van der Waals surface area contributed by atoms with Crippen molar-refractivity contribution in [2.75, 3.05) is 0 Å². The Morgan fingerprint density at radius 3 is 2.50 bits per heavy atom. The lowest BCUT2D eigenvalue weighted by molar-refractivity contribution is -0.290. The third-order valence-corrected chi connectivity index (χ3v) is 6.73. The van der Waals surface area contributed by atoms with Crippen LogP contribution in [0.2, 0.25) is 0 Å². The lowest BCUT2D eigenvalue weighted by Crippen LogP contribution is -2.45. The summed E-state index contributed by atoms with van der Waals surface area (Å²) in [5.41, 5.74) is 4.49. The Bertz CT molecular complexity index is 1350. The average Bonchev–Trinajstić information content (AvgIpc) is 3.66. The van der Waals surface area contributed by atoms with Crippen LogP contribution in [0.25, 0.3) is 28.1 Å². The van der Waals surface area contributed by atoms with Crippen LogP contribution in [-0.4, -0.2) is 34.5 Å². The molecule has 2 atom stereocenters. The molecule has 0 bridgehead atoms. The van der Waals surface area contributed by atoms with Crippen molar-refractivity contribution in [2.24, 2.45) is 0 Å². The Hall–Kier alpha value is -3.09. The lowest BCUT2D eigenvalue weighted by atomic mass is 9.92. The summed E-state index contributed by atoms with van der Waals surface area (Å²) >= 11 is 0. The van der Waals surface area contributed by atoms with Crippen molar-refractivity contribution in [3.8, 4) is 11.1 Å². The molecule has 1 saturated heterocycles. The summed E-state index contributed by atoms with van der Waals surface area (Å²) in [6.45, 7) is 9.31. The first kappa shape index (κ1) is 26.5. The van der Waals surface area contributed by atoms with Gasteiger partial charge in [-0.3, -0.25) is 9.78 Å². The molecule has 0 spiro atoms. The van der Waals surface area contributed by atoms with Gasteiger partial charge in [-0.1, -0.05) is 42.5 Å². The number of nitrogens with zero attached hydrogens (tertiary/aromatic N) is 1. The average molecular weight is 518 g/mol. The number of carbonyl (C=O) groups is 1. The highest BCUT2D eigenvalue weighted by Crippen LogP contribution is 2.45. The quantitative estimate of drug-likeness (QED) is 0.316. The van der Waals surface area contributed by atoms with Crippen LogP contribution < -0.4 is 0 Å². The first-order valence-electron chi connectivity index (χ1n) is 13.4. The molecule has 2 fully saturated rings. The van der Waals surface area contributed by atoms with Gasteiger partial charge < -0.3 is 14.2 Å². The fourth-order valence-corrected chi connectivity index (χ4v) is 5.17. The molecule has 5 rings (SSSR count). The summed E-state index contributed by atoms with van der Waals surface area (Å²) in [6.07, 6.45) is 6.48. The summed E-state index contributed by atoms with van der Waals surface area (Å²) < 4.78 is 31.7. The van der Waals surface area contributed by atoms with Gasteiger partial charge in [0.05, 0.1) is 29.8 Å². The van der Waals surface area contributed by atoms with Crippen molar-refractivity contribution in [3.05, 3.63) is 71.7 Å². The Morgan fingerprint density at radius 1 is 1.11 bits per heavy atom. The lowest BCUT2D eigenvalue weighted by Gasteiger charge is -2.39. The second-order valence-corrected chi connectivity index (χ2v) is 11.8. The SMILES string of the molecule is CC(C)(C)OC(=O)C[C@@H]1C[C@@H](/C=C/c2c(C3CC3)nc3ccccc3c2-c2ccc(F)cc2)OC(C)(C)O1. The molecular formula is C32H36FNO4. The highest BCUT2D eigenvalue weighted by molar-refractivity contribution is 5.99. The first-order chi connectivity index (χ1) is 18.0. The molecule has 1 aromatic heterocycles. The minimum Gasteiger partial charge on any atom is -0.460 e. The number of hydrogen-bond acceptors (Lipinski definition) is 5. The van der Waals surface area contributed by atoms with Crippen molar-refractivity contribution in [1.82, 2.24) is 4.98 Å². The van der Waals surface area contributed by atoms with Gasteiger partial charge in [0.2, 0.25) is 0 Å². The van der Waals surface area contributed by atoms with E-state index in [-0.39, 0.29) is 30.4 Å². The fraction of sp³-hybridized carbons (Fsp3) is 0.438. The second kappa shape index (κ2) is 10.2. The molecule has 1 saturated carbocycles. The van der Waals surface area contributed by atoms with Gasteiger partial charge in [0.25, 0.3) is 0 Å². The molecular weight excluding hydrogens is 481 g/mol. The predicted molar refractivity (Wildman–Crippen MR) is 147 cm³/mol. The number of fused-ring (bicyclic) bond motifs is 1. The van der Waals surface area contributed by atoms with Gasteiger partial charge in [-0.2, -0.15) is 0 Å². The van der Waals surface area contributed by atoms with E-state index in [0.29, 0.717) is 12.3 Å². The van der Waals surface area contributed by atoms with Crippen LogP contribution in [0.3, 0.4) is 0 Å². The predicted octanol–water partition coefficient (Wildman–Crippen LogP) is 7.57. The van der Waals surface area contributed by atoms with E-state index >= 15 is 0 Å². The smallest absolute Gasteiger partial charge is 0.308 e. The van der Waals surface area contributed by atoms with Crippen LogP contribution in [0.4, 0.5) is 4.39 Å². The van der Waals surface area contributed by atoms with E-state index in [0.717, 1.165) is 46.1 Å². The van der Waals surface area contributed by atoms with Crippen molar-refractivity contribution in [2.45, 2.75) is 89.8 Å². The Kier molecular flexibility index (Phi) is 7.14. The maximum absolute atomic E-state index is 13.8. The molecule has 2 aliphatic rings. The van der Waals surface area contributed by atoms with E-state index in [1.54, 1.807) is 0 Å². The topological polar surface area (TPSA) is 57.7 Å². The zero-order valence-electron chi connectivity index (χ0n) is 22.8. The normalized spacial score (nSPS) is 21.6. The van der Waals surface area contributed by atoms with Crippen molar-refractivity contribution < 1.29 is 23.4 Å². The molecule has 0 amide bonds. The van der Waals surface area contributed by atoms with Crippen LogP contribution in [0.5, 0.6) is 0 Å². The van der Waals surface area contributed by atoms with E-state index in [1.165, 1.54) is 12.1 Å². The Balaban J connectivity index is 1.51. The Morgan fingerprint density at radius 2 is 1.82 bits per heavy atom. The summed E-state index contributed by atoms with van der Waals surface area (Å²) in [4.78, 5) is 17.6. The minimum atomic E-state index is -0.847. The molecule has 1 aliphatic heterocycles. The zero-order valence-corrected chi connectivity index (χ0v) is 22.8. The molecule has 6 heteroatoms. The molecule has 3 aromatic rings. The summed E-state index contributed by atoms with van der Waals surface area (Å²) in [6, 6.07) is 14.8. The van der Waals surface area contributed by atoms with E-state index in [2.05, 4.69) is 18.2 Å². The van der Waals surface area contributed by atoms with E-state index in [1.807, 2.05) is 65.0 Å². The molecule has 1 aliphatic carbocycles. The molecule has 2 heterocycles. The number of pyridine rings is 1. The minimum absolute atomic E-state index is 0.167. The fourth-order valence-electron chi connectivity index (χ4n) is 5.17. The van der Waals surface area contributed by atoms with Crippen LogP contribution in [0.15, 0.2) is 54.6 Å². The number of esters is 1. The number of para-hydroxylation sites is 1. The van der Waals surface area contributed by atoms with Gasteiger partial charge in [0.15, 0.2) is 5.79 Å². The molecule has 0 N–H and O–H groups in total. The number of benzene rings is 2. The van der Waals surface area contributed by atoms with Crippen LogP contribution in [0, 0.1) is 5.82 Å². The summed E-state index contributed by atoms with van der Waals surface area (Å²) in [5.74, 6) is -0.983. The number of halogens is 1. The molecule has 0 unspecified atom stereocenters. The zero-order chi connectivity index (χ0) is 27.1. The van der Waals surface area contributed by atoms with Gasteiger partial charge in [-0.05, 0) is 71.2 Å². The monoisotopic (exact) mass is 517 g/mol. The number of rotatable bonds is 6. The second-order valence-electron chi connectivity index (χ2n) is 11.8. The van der Waals surface area contributed by atoms with Crippen LogP contribution in [-0.2, 0) is 19.0 Å². The number of aromatic nitrogens is 1. The number of ether oxygens (including phenoxy) is 3. The third kappa shape index (κ3) is 6.30. The maximum atomic E-state index is 13.8. The van der Waals surface area contributed by atoms with Gasteiger partial charge in [0.1, 0.15) is 11.4 Å². The summed E-state index contributed by atoms with van der Waals surface area (Å²) in [7, 11) is 0. The van der Waals surface area contributed by atoms with Gasteiger partial charge in [-0.25, -0.2) is 4.39 Å². The van der Waals surface area contributed by atoms with Crippen molar-refractivity contribution in [3.63, 3.8) is 0 Å². The van der Waals surface area contributed by atoms with Crippen LogP contribution in [0.1, 0.15) is 77.5 Å².